The lowest BCUT2D eigenvalue weighted by Crippen LogP contribution is -2.11. The number of Topliss-reactive ketones (excluding diaryl/α,β-unsaturated/α-hetero) is 1. The van der Waals surface area contributed by atoms with Crippen molar-refractivity contribution in [2.24, 2.45) is 0 Å². The molecule has 1 aromatic heterocycles. The number of anilines is 1. The Bertz CT molecular complexity index is 883. The molecular formula is C17H13FN2O2. The van der Waals surface area contributed by atoms with Crippen LogP contribution in [0.4, 0.5) is 10.1 Å². The summed E-state index contributed by atoms with van der Waals surface area (Å²) in [5.41, 5.74) is 2.04. The summed E-state index contributed by atoms with van der Waals surface area (Å²) in [5.74, 6) is -0.757. The maximum atomic E-state index is 13.2. The van der Waals surface area contributed by atoms with Gasteiger partial charge in [0, 0.05) is 28.4 Å². The zero-order chi connectivity index (χ0) is 15.7. The number of carbonyl (C=O) groups excluding carboxylic acids is 2. The van der Waals surface area contributed by atoms with Crippen LogP contribution in [0.3, 0.4) is 0 Å². The topological polar surface area (TPSA) is 62.0 Å². The number of carbonyl (C=O) groups is 2. The van der Waals surface area contributed by atoms with E-state index >= 15 is 0 Å². The van der Waals surface area contributed by atoms with E-state index in [9.17, 15) is 14.0 Å². The molecule has 0 bridgehead atoms. The molecule has 0 aliphatic rings. The van der Waals surface area contributed by atoms with E-state index in [1.54, 1.807) is 30.3 Å². The lowest BCUT2D eigenvalue weighted by atomic mass is 10.1. The van der Waals surface area contributed by atoms with Crippen LogP contribution in [0.1, 0.15) is 27.6 Å². The van der Waals surface area contributed by atoms with Gasteiger partial charge in [0.2, 0.25) is 0 Å². The molecule has 0 radical (unpaired) electrons. The fourth-order valence-corrected chi connectivity index (χ4v) is 2.30. The van der Waals surface area contributed by atoms with Crippen LogP contribution in [0, 0.1) is 5.82 Å². The normalized spacial score (nSPS) is 10.6. The number of aromatic nitrogens is 1. The molecule has 0 aliphatic heterocycles. The Hall–Kier alpha value is -2.95. The van der Waals surface area contributed by atoms with E-state index in [0.717, 1.165) is 0 Å². The molecule has 0 aliphatic carbocycles. The van der Waals surface area contributed by atoms with Crippen molar-refractivity contribution in [2.75, 3.05) is 5.32 Å². The quantitative estimate of drug-likeness (QED) is 0.723. The van der Waals surface area contributed by atoms with Crippen molar-refractivity contribution >= 4 is 28.3 Å². The molecule has 0 saturated carbocycles. The van der Waals surface area contributed by atoms with E-state index < -0.39 is 0 Å². The van der Waals surface area contributed by atoms with Crippen LogP contribution in [0.5, 0.6) is 0 Å². The van der Waals surface area contributed by atoms with Crippen LogP contribution in [0.15, 0.2) is 48.7 Å². The number of benzene rings is 2. The van der Waals surface area contributed by atoms with E-state index in [2.05, 4.69) is 10.3 Å². The van der Waals surface area contributed by atoms with E-state index in [1.165, 1.54) is 25.3 Å². The molecule has 0 fully saturated rings. The van der Waals surface area contributed by atoms with Gasteiger partial charge in [0.05, 0.1) is 5.56 Å². The van der Waals surface area contributed by atoms with Gasteiger partial charge >= 0.3 is 0 Å². The number of amides is 1. The molecule has 4 nitrogen and oxygen atoms in total. The van der Waals surface area contributed by atoms with Crippen molar-refractivity contribution in [1.29, 1.82) is 0 Å². The summed E-state index contributed by atoms with van der Waals surface area (Å²) >= 11 is 0. The zero-order valence-electron chi connectivity index (χ0n) is 11.8. The van der Waals surface area contributed by atoms with Gasteiger partial charge in [0.15, 0.2) is 5.78 Å². The summed E-state index contributed by atoms with van der Waals surface area (Å²) in [7, 11) is 0. The zero-order valence-corrected chi connectivity index (χ0v) is 11.8. The Labute approximate surface area is 126 Å². The highest BCUT2D eigenvalue weighted by Gasteiger charge is 2.13. The predicted octanol–water partition coefficient (Wildman–Crippen LogP) is 3.76. The van der Waals surface area contributed by atoms with Gasteiger partial charge in [-0.25, -0.2) is 4.39 Å². The number of fused-ring (bicyclic) bond motifs is 1. The minimum absolute atomic E-state index is 0.0707. The van der Waals surface area contributed by atoms with Crippen LogP contribution < -0.4 is 5.32 Å². The van der Waals surface area contributed by atoms with Crippen LogP contribution in [0.25, 0.3) is 10.9 Å². The van der Waals surface area contributed by atoms with Gasteiger partial charge in [-0.05, 0) is 37.3 Å². The third kappa shape index (κ3) is 2.61. The average molecular weight is 296 g/mol. The third-order valence-corrected chi connectivity index (χ3v) is 3.42. The molecule has 1 amide bonds. The fraction of sp³-hybridized carbons (Fsp3) is 0.0588. The van der Waals surface area contributed by atoms with Crippen molar-refractivity contribution in [3.8, 4) is 0 Å². The monoisotopic (exact) mass is 296 g/mol. The second-order valence-corrected chi connectivity index (χ2v) is 4.98. The number of hydrogen-bond donors (Lipinski definition) is 2. The highest BCUT2D eigenvalue weighted by Crippen LogP contribution is 2.21. The second-order valence-electron chi connectivity index (χ2n) is 4.98. The fourth-order valence-electron chi connectivity index (χ4n) is 2.30. The third-order valence-electron chi connectivity index (χ3n) is 3.42. The SMILES string of the molecule is CC(=O)c1cccc(NC(=O)c2c[nH]c3cc(F)ccc23)c1. The van der Waals surface area contributed by atoms with Crippen molar-refractivity contribution < 1.29 is 14.0 Å². The molecule has 2 N–H and O–H groups in total. The largest absolute Gasteiger partial charge is 0.360 e. The van der Waals surface area contributed by atoms with Crippen LogP contribution in [0.2, 0.25) is 0 Å². The second kappa shape index (κ2) is 5.44. The summed E-state index contributed by atoms with van der Waals surface area (Å²) in [5, 5.41) is 3.38. The molecule has 3 rings (SSSR count). The minimum atomic E-state index is -0.365. The van der Waals surface area contributed by atoms with E-state index in [1.807, 2.05) is 0 Å². The molecule has 3 aromatic rings. The van der Waals surface area contributed by atoms with E-state index in [0.29, 0.717) is 27.7 Å². The minimum Gasteiger partial charge on any atom is -0.360 e. The Kier molecular flexibility index (Phi) is 3.47. The van der Waals surface area contributed by atoms with Crippen molar-refractivity contribution in [1.82, 2.24) is 4.98 Å². The molecule has 2 aromatic carbocycles. The Morgan fingerprint density at radius 1 is 1.14 bits per heavy atom. The molecular weight excluding hydrogens is 283 g/mol. The van der Waals surface area contributed by atoms with E-state index in [4.69, 9.17) is 0 Å². The van der Waals surface area contributed by atoms with Gasteiger partial charge in [-0.3, -0.25) is 9.59 Å². The Morgan fingerprint density at radius 3 is 2.73 bits per heavy atom. The highest BCUT2D eigenvalue weighted by atomic mass is 19.1. The summed E-state index contributed by atoms with van der Waals surface area (Å²) in [4.78, 5) is 26.6. The highest BCUT2D eigenvalue weighted by molar-refractivity contribution is 6.13. The first-order valence-corrected chi connectivity index (χ1v) is 6.73. The smallest absolute Gasteiger partial charge is 0.257 e. The molecule has 5 heteroatoms. The van der Waals surface area contributed by atoms with Gasteiger partial charge in [-0.2, -0.15) is 0 Å². The first kappa shape index (κ1) is 14.0. The number of H-pyrrole nitrogens is 1. The molecule has 110 valence electrons. The van der Waals surface area contributed by atoms with Gasteiger partial charge in [0.25, 0.3) is 5.91 Å². The average Bonchev–Trinajstić information content (AvgIpc) is 2.90. The number of halogens is 1. The summed E-state index contributed by atoms with van der Waals surface area (Å²) in [6, 6.07) is 10.9. The van der Waals surface area contributed by atoms with Crippen molar-refractivity contribution in [3.63, 3.8) is 0 Å². The number of hydrogen-bond acceptors (Lipinski definition) is 2. The molecule has 0 unspecified atom stereocenters. The van der Waals surface area contributed by atoms with Crippen molar-refractivity contribution in [2.45, 2.75) is 6.92 Å². The van der Waals surface area contributed by atoms with Crippen LogP contribution in [-0.2, 0) is 0 Å². The first-order valence-electron chi connectivity index (χ1n) is 6.73. The van der Waals surface area contributed by atoms with E-state index in [-0.39, 0.29) is 17.5 Å². The maximum absolute atomic E-state index is 13.2. The molecule has 0 atom stereocenters. The first-order chi connectivity index (χ1) is 10.5. The number of rotatable bonds is 3. The van der Waals surface area contributed by atoms with Crippen LogP contribution in [-0.4, -0.2) is 16.7 Å². The summed E-state index contributed by atoms with van der Waals surface area (Å²) in [6.07, 6.45) is 1.54. The summed E-state index contributed by atoms with van der Waals surface area (Å²) < 4.78 is 13.2. The molecule has 0 saturated heterocycles. The molecule has 1 heterocycles. The van der Waals surface area contributed by atoms with Gasteiger partial charge in [-0.15, -0.1) is 0 Å². The number of ketones is 1. The standard InChI is InChI=1S/C17H13FN2O2/c1-10(21)11-3-2-4-13(7-11)20-17(22)15-9-19-16-8-12(18)5-6-14(15)16/h2-9,19H,1H3,(H,20,22). The Balaban J connectivity index is 1.90. The van der Waals surface area contributed by atoms with Gasteiger partial charge in [0.1, 0.15) is 5.82 Å². The van der Waals surface area contributed by atoms with Crippen LogP contribution >= 0.6 is 0 Å². The molecule has 22 heavy (non-hydrogen) atoms. The number of nitrogens with one attached hydrogen (secondary N) is 2. The number of aromatic amines is 1. The lowest BCUT2D eigenvalue weighted by molar-refractivity contribution is 0.101. The maximum Gasteiger partial charge on any atom is 0.257 e. The van der Waals surface area contributed by atoms with Crippen molar-refractivity contribution in [3.05, 3.63) is 65.6 Å². The van der Waals surface area contributed by atoms with Gasteiger partial charge in [-0.1, -0.05) is 12.1 Å². The predicted molar refractivity (Wildman–Crippen MR) is 82.7 cm³/mol. The Morgan fingerprint density at radius 2 is 1.95 bits per heavy atom. The molecule has 0 spiro atoms. The van der Waals surface area contributed by atoms with Gasteiger partial charge < -0.3 is 10.3 Å². The lowest BCUT2D eigenvalue weighted by Gasteiger charge is -2.05. The summed E-state index contributed by atoms with van der Waals surface area (Å²) in [6.45, 7) is 1.47.